The molecule has 4 nitrogen and oxygen atoms in total. The average Bonchev–Trinajstić information content (AvgIpc) is 2.97. The van der Waals surface area contributed by atoms with E-state index < -0.39 is 6.10 Å². The Bertz CT molecular complexity index is 612. The predicted molar refractivity (Wildman–Crippen MR) is 86.2 cm³/mol. The zero-order valence-corrected chi connectivity index (χ0v) is 12.4. The number of hydrogen-bond acceptors (Lipinski definition) is 4. The van der Waals surface area contributed by atoms with Gasteiger partial charge in [-0.1, -0.05) is 24.3 Å². The van der Waals surface area contributed by atoms with Crippen LogP contribution in [0.25, 0.3) is 0 Å². The standard InChI is InChI=1S/C18H21NO3/c20-12-15(21)11-19-14-6-8-16(9-7-14)22-18-10-5-13-3-1-2-4-17(13)18/h1-4,6-9,15,18-21H,5,10-12H2. The van der Waals surface area contributed by atoms with E-state index in [1.165, 1.54) is 11.1 Å². The maximum Gasteiger partial charge on any atom is 0.124 e. The molecular weight excluding hydrogens is 278 g/mol. The van der Waals surface area contributed by atoms with Crippen LogP contribution in [0.2, 0.25) is 0 Å². The smallest absolute Gasteiger partial charge is 0.124 e. The van der Waals surface area contributed by atoms with Gasteiger partial charge in [0, 0.05) is 12.2 Å². The molecule has 0 spiro atoms. The van der Waals surface area contributed by atoms with E-state index in [0.29, 0.717) is 6.54 Å². The largest absolute Gasteiger partial charge is 0.486 e. The molecule has 22 heavy (non-hydrogen) atoms. The second kappa shape index (κ2) is 6.81. The van der Waals surface area contributed by atoms with Crippen molar-refractivity contribution in [2.24, 2.45) is 0 Å². The molecule has 2 aromatic rings. The first-order valence-electron chi connectivity index (χ1n) is 7.63. The predicted octanol–water partition coefficient (Wildman–Crippen LogP) is 2.52. The molecule has 2 aromatic carbocycles. The molecule has 2 unspecified atom stereocenters. The maximum atomic E-state index is 9.32. The Hall–Kier alpha value is -2.04. The van der Waals surface area contributed by atoms with Gasteiger partial charge in [-0.3, -0.25) is 0 Å². The van der Waals surface area contributed by atoms with Crippen LogP contribution in [0.1, 0.15) is 23.7 Å². The van der Waals surface area contributed by atoms with Crippen molar-refractivity contribution >= 4 is 5.69 Å². The Morgan fingerprint density at radius 1 is 1.14 bits per heavy atom. The summed E-state index contributed by atoms with van der Waals surface area (Å²) < 4.78 is 6.09. The number of hydrogen-bond donors (Lipinski definition) is 3. The Labute approximate surface area is 130 Å². The number of aryl methyl sites for hydroxylation is 1. The van der Waals surface area contributed by atoms with Crippen molar-refractivity contribution in [2.75, 3.05) is 18.5 Å². The van der Waals surface area contributed by atoms with Crippen LogP contribution in [0.4, 0.5) is 5.69 Å². The first-order chi connectivity index (χ1) is 10.8. The highest BCUT2D eigenvalue weighted by atomic mass is 16.5. The van der Waals surface area contributed by atoms with E-state index in [1.807, 2.05) is 24.3 Å². The quantitative estimate of drug-likeness (QED) is 0.767. The molecule has 1 aliphatic rings. The summed E-state index contributed by atoms with van der Waals surface area (Å²) in [5, 5.41) is 21.2. The number of fused-ring (bicyclic) bond motifs is 1. The van der Waals surface area contributed by atoms with Crippen LogP contribution < -0.4 is 10.1 Å². The second-order valence-electron chi connectivity index (χ2n) is 5.59. The van der Waals surface area contributed by atoms with Crippen LogP contribution >= 0.6 is 0 Å². The number of anilines is 1. The van der Waals surface area contributed by atoms with E-state index in [1.54, 1.807) is 0 Å². The number of nitrogens with one attached hydrogen (secondary N) is 1. The molecule has 0 bridgehead atoms. The molecule has 2 atom stereocenters. The van der Waals surface area contributed by atoms with Crippen LogP contribution in [0, 0.1) is 0 Å². The highest BCUT2D eigenvalue weighted by Crippen LogP contribution is 2.34. The average molecular weight is 299 g/mol. The van der Waals surface area contributed by atoms with Gasteiger partial charge in [0.2, 0.25) is 0 Å². The second-order valence-corrected chi connectivity index (χ2v) is 5.59. The molecule has 116 valence electrons. The highest BCUT2D eigenvalue weighted by molar-refractivity contribution is 5.46. The van der Waals surface area contributed by atoms with Crippen molar-refractivity contribution in [3.05, 3.63) is 59.7 Å². The summed E-state index contributed by atoms with van der Waals surface area (Å²) in [4.78, 5) is 0. The van der Waals surface area contributed by atoms with Crippen molar-refractivity contribution in [1.82, 2.24) is 0 Å². The number of benzene rings is 2. The summed E-state index contributed by atoms with van der Waals surface area (Å²) in [5.41, 5.74) is 3.56. The van der Waals surface area contributed by atoms with Gasteiger partial charge in [0.15, 0.2) is 0 Å². The van der Waals surface area contributed by atoms with Crippen molar-refractivity contribution in [3.63, 3.8) is 0 Å². The van der Waals surface area contributed by atoms with E-state index in [-0.39, 0.29) is 12.7 Å². The molecule has 0 fully saturated rings. The van der Waals surface area contributed by atoms with E-state index in [2.05, 4.69) is 29.6 Å². The summed E-state index contributed by atoms with van der Waals surface area (Å²) in [6.45, 7) is 0.0853. The number of aliphatic hydroxyl groups excluding tert-OH is 2. The Morgan fingerprint density at radius 3 is 2.68 bits per heavy atom. The van der Waals surface area contributed by atoms with Crippen LogP contribution in [0.5, 0.6) is 5.75 Å². The minimum Gasteiger partial charge on any atom is -0.486 e. The Kier molecular flexibility index (Phi) is 4.61. The van der Waals surface area contributed by atoms with Crippen LogP contribution in [0.15, 0.2) is 48.5 Å². The summed E-state index contributed by atoms with van der Waals surface area (Å²) in [6.07, 6.45) is 1.47. The van der Waals surface area contributed by atoms with Gasteiger partial charge < -0.3 is 20.3 Å². The third-order valence-electron chi connectivity index (χ3n) is 3.96. The first-order valence-corrected chi connectivity index (χ1v) is 7.63. The topological polar surface area (TPSA) is 61.7 Å². The number of aliphatic hydroxyl groups is 2. The van der Waals surface area contributed by atoms with Crippen molar-refractivity contribution in [3.8, 4) is 5.75 Å². The lowest BCUT2D eigenvalue weighted by Crippen LogP contribution is -2.22. The minimum atomic E-state index is -0.745. The molecule has 0 aromatic heterocycles. The van der Waals surface area contributed by atoms with E-state index >= 15 is 0 Å². The fourth-order valence-electron chi connectivity index (χ4n) is 2.76. The van der Waals surface area contributed by atoms with E-state index in [0.717, 1.165) is 24.3 Å². The summed E-state index contributed by atoms with van der Waals surface area (Å²) in [7, 11) is 0. The van der Waals surface area contributed by atoms with Gasteiger partial charge in [-0.15, -0.1) is 0 Å². The third-order valence-corrected chi connectivity index (χ3v) is 3.96. The molecule has 0 amide bonds. The van der Waals surface area contributed by atoms with Crippen molar-refractivity contribution in [2.45, 2.75) is 25.0 Å². The van der Waals surface area contributed by atoms with Crippen LogP contribution in [-0.4, -0.2) is 29.5 Å². The monoisotopic (exact) mass is 299 g/mol. The van der Waals surface area contributed by atoms with E-state index in [9.17, 15) is 5.11 Å². The molecule has 4 heteroatoms. The van der Waals surface area contributed by atoms with Gasteiger partial charge in [-0.25, -0.2) is 0 Å². The third kappa shape index (κ3) is 3.40. The Balaban J connectivity index is 1.60. The lowest BCUT2D eigenvalue weighted by atomic mass is 10.1. The van der Waals surface area contributed by atoms with Gasteiger partial charge in [0.25, 0.3) is 0 Å². The molecule has 0 saturated carbocycles. The van der Waals surface area contributed by atoms with Crippen LogP contribution in [0.3, 0.4) is 0 Å². The van der Waals surface area contributed by atoms with Gasteiger partial charge in [0.05, 0.1) is 12.7 Å². The van der Waals surface area contributed by atoms with Gasteiger partial charge in [-0.2, -0.15) is 0 Å². The highest BCUT2D eigenvalue weighted by Gasteiger charge is 2.23. The molecule has 0 radical (unpaired) electrons. The first kappa shape index (κ1) is 14.9. The SMILES string of the molecule is OCC(O)CNc1ccc(OC2CCc3ccccc32)cc1. The van der Waals surface area contributed by atoms with Crippen molar-refractivity contribution in [1.29, 1.82) is 0 Å². The summed E-state index contributed by atoms with van der Waals surface area (Å²) in [6, 6.07) is 16.1. The zero-order valence-electron chi connectivity index (χ0n) is 12.4. The molecule has 0 heterocycles. The maximum absolute atomic E-state index is 9.32. The van der Waals surface area contributed by atoms with Gasteiger partial charge >= 0.3 is 0 Å². The number of ether oxygens (including phenoxy) is 1. The number of rotatable bonds is 6. The Morgan fingerprint density at radius 2 is 1.91 bits per heavy atom. The molecule has 3 rings (SSSR count). The lowest BCUT2D eigenvalue weighted by Gasteiger charge is -2.16. The van der Waals surface area contributed by atoms with Crippen molar-refractivity contribution < 1.29 is 14.9 Å². The fraction of sp³-hybridized carbons (Fsp3) is 0.333. The zero-order chi connectivity index (χ0) is 15.4. The molecule has 0 aliphatic heterocycles. The normalized spacial score (nSPS) is 17.8. The fourth-order valence-corrected chi connectivity index (χ4v) is 2.76. The lowest BCUT2D eigenvalue weighted by molar-refractivity contribution is 0.105. The summed E-state index contributed by atoms with van der Waals surface area (Å²) in [5.74, 6) is 0.843. The molecule has 1 aliphatic carbocycles. The van der Waals surface area contributed by atoms with E-state index in [4.69, 9.17) is 9.84 Å². The van der Waals surface area contributed by atoms with Gasteiger partial charge in [-0.05, 0) is 48.2 Å². The van der Waals surface area contributed by atoms with Crippen LogP contribution in [-0.2, 0) is 6.42 Å². The minimum absolute atomic E-state index is 0.131. The van der Waals surface area contributed by atoms with Gasteiger partial charge in [0.1, 0.15) is 11.9 Å². The summed E-state index contributed by atoms with van der Waals surface area (Å²) >= 11 is 0. The molecule has 0 saturated heterocycles. The molecular formula is C18H21NO3. The molecule has 3 N–H and O–H groups in total.